The SMILES string of the molecule is CCC1CC1NC(=O)c1cc(S)ccc1Br. The first-order valence-corrected chi connectivity index (χ1v) is 6.65. The Bertz CT molecular complexity index is 421. The molecule has 1 N–H and O–H groups in total. The highest BCUT2D eigenvalue weighted by Crippen LogP contribution is 2.33. The summed E-state index contributed by atoms with van der Waals surface area (Å²) < 4.78 is 0.816. The maximum absolute atomic E-state index is 12.0. The molecule has 0 aliphatic heterocycles. The predicted octanol–water partition coefficient (Wildman–Crippen LogP) is 3.27. The van der Waals surface area contributed by atoms with Gasteiger partial charge in [0.05, 0.1) is 5.56 Å². The van der Waals surface area contributed by atoms with E-state index in [4.69, 9.17) is 0 Å². The lowest BCUT2D eigenvalue weighted by molar-refractivity contribution is 0.0948. The van der Waals surface area contributed by atoms with Gasteiger partial charge in [0.1, 0.15) is 0 Å². The summed E-state index contributed by atoms with van der Waals surface area (Å²) in [5.41, 5.74) is 0.661. The number of nitrogens with one attached hydrogen (secondary N) is 1. The normalized spacial score (nSPS) is 22.9. The topological polar surface area (TPSA) is 29.1 Å². The van der Waals surface area contributed by atoms with E-state index in [0.29, 0.717) is 17.5 Å². The van der Waals surface area contributed by atoms with Crippen molar-refractivity contribution >= 4 is 34.5 Å². The first-order valence-electron chi connectivity index (χ1n) is 5.41. The van der Waals surface area contributed by atoms with E-state index < -0.39 is 0 Å². The van der Waals surface area contributed by atoms with Gasteiger partial charge in [0.15, 0.2) is 0 Å². The minimum absolute atomic E-state index is 0.0104. The number of thiol groups is 1. The Hall–Kier alpha value is -0.480. The van der Waals surface area contributed by atoms with Crippen LogP contribution in [0.15, 0.2) is 27.6 Å². The molecule has 0 saturated heterocycles. The van der Waals surface area contributed by atoms with Gasteiger partial charge in [-0.1, -0.05) is 13.3 Å². The molecule has 0 heterocycles. The molecule has 1 fully saturated rings. The molecule has 1 aliphatic rings. The predicted molar refractivity (Wildman–Crippen MR) is 71.0 cm³/mol. The molecule has 1 aromatic carbocycles. The van der Waals surface area contributed by atoms with E-state index in [-0.39, 0.29) is 5.91 Å². The molecule has 86 valence electrons. The molecule has 1 amide bonds. The van der Waals surface area contributed by atoms with Crippen LogP contribution in [-0.2, 0) is 0 Å². The summed E-state index contributed by atoms with van der Waals surface area (Å²) >= 11 is 7.62. The molecule has 1 saturated carbocycles. The van der Waals surface area contributed by atoms with Gasteiger partial charge in [-0.2, -0.15) is 0 Å². The summed E-state index contributed by atoms with van der Waals surface area (Å²) in [5.74, 6) is 0.658. The number of carbonyl (C=O) groups excluding carboxylic acids is 1. The van der Waals surface area contributed by atoms with Crippen molar-refractivity contribution in [1.82, 2.24) is 5.32 Å². The lowest BCUT2D eigenvalue weighted by atomic mass is 10.2. The van der Waals surface area contributed by atoms with Crippen LogP contribution in [0.3, 0.4) is 0 Å². The van der Waals surface area contributed by atoms with Crippen LogP contribution in [0.4, 0.5) is 0 Å². The van der Waals surface area contributed by atoms with Gasteiger partial charge in [-0.15, -0.1) is 12.6 Å². The van der Waals surface area contributed by atoms with Crippen molar-refractivity contribution < 1.29 is 4.79 Å². The zero-order valence-electron chi connectivity index (χ0n) is 9.03. The second-order valence-electron chi connectivity index (χ2n) is 4.15. The van der Waals surface area contributed by atoms with Crippen LogP contribution in [-0.4, -0.2) is 11.9 Å². The molecule has 1 aromatic rings. The zero-order valence-corrected chi connectivity index (χ0v) is 11.5. The highest BCUT2D eigenvalue weighted by atomic mass is 79.9. The molecule has 4 heteroatoms. The van der Waals surface area contributed by atoms with E-state index >= 15 is 0 Å². The summed E-state index contributed by atoms with van der Waals surface area (Å²) in [6.07, 6.45) is 2.25. The molecule has 0 radical (unpaired) electrons. The number of carbonyl (C=O) groups is 1. The Kier molecular flexibility index (Phi) is 3.60. The molecule has 2 atom stereocenters. The molecule has 2 rings (SSSR count). The van der Waals surface area contributed by atoms with Crippen molar-refractivity contribution in [3.05, 3.63) is 28.2 Å². The Morgan fingerprint density at radius 2 is 2.38 bits per heavy atom. The van der Waals surface area contributed by atoms with Crippen LogP contribution in [0.1, 0.15) is 30.1 Å². The number of hydrogen-bond donors (Lipinski definition) is 2. The molecule has 1 aliphatic carbocycles. The molecule has 0 bridgehead atoms. The molecule has 0 aromatic heterocycles. The van der Waals surface area contributed by atoms with Gasteiger partial charge in [0.2, 0.25) is 0 Å². The largest absolute Gasteiger partial charge is 0.349 e. The third-order valence-corrected chi connectivity index (χ3v) is 3.93. The van der Waals surface area contributed by atoms with Gasteiger partial charge in [0.25, 0.3) is 5.91 Å². The number of rotatable bonds is 3. The van der Waals surface area contributed by atoms with E-state index in [9.17, 15) is 4.79 Å². The van der Waals surface area contributed by atoms with E-state index in [1.54, 1.807) is 6.07 Å². The summed E-state index contributed by atoms with van der Waals surface area (Å²) in [5, 5.41) is 3.04. The fourth-order valence-corrected chi connectivity index (χ4v) is 2.44. The Morgan fingerprint density at radius 1 is 1.62 bits per heavy atom. The van der Waals surface area contributed by atoms with E-state index in [0.717, 1.165) is 22.2 Å². The van der Waals surface area contributed by atoms with Crippen LogP contribution >= 0.6 is 28.6 Å². The van der Waals surface area contributed by atoms with E-state index in [1.807, 2.05) is 12.1 Å². The molecule has 16 heavy (non-hydrogen) atoms. The molecule has 0 spiro atoms. The molecular weight excluding hydrogens is 286 g/mol. The number of hydrogen-bond acceptors (Lipinski definition) is 2. The second-order valence-corrected chi connectivity index (χ2v) is 5.52. The first kappa shape index (κ1) is 12.0. The van der Waals surface area contributed by atoms with Crippen molar-refractivity contribution in [1.29, 1.82) is 0 Å². The standard InChI is InChI=1S/C12H14BrNOS/c1-2-7-5-11(7)14-12(15)9-6-8(16)3-4-10(9)13/h3-4,6-7,11,16H,2,5H2,1H3,(H,14,15). The van der Waals surface area contributed by atoms with Crippen LogP contribution in [0.5, 0.6) is 0 Å². The van der Waals surface area contributed by atoms with Gasteiger partial charge < -0.3 is 5.32 Å². The number of amides is 1. The van der Waals surface area contributed by atoms with Crippen LogP contribution in [0.25, 0.3) is 0 Å². The third-order valence-electron chi connectivity index (χ3n) is 2.96. The zero-order chi connectivity index (χ0) is 11.7. The maximum Gasteiger partial charge on any atom is 0.252 e. The van der Waals surface area contributed by atoms with Crippen LogP contribution < -0.4 is 5.32 Å². The van der Waals surface area contributed by atoms with Crippen molar-refractivity contribution in [2.75, 3.05) is 0 Å². The van der Waals surface area contributed by atoms with Gasteiger partial charge in [-0.05, 0) is 46.5 Å². The van der Waals surface area contributed by atoms with E-state index in [2.05, 4.69) is 40.8 Å². The summed E-state index contributed by atoms with van der Waals surface area (Å²) in [7, 11) is 0. The fraction of sp³-hybridized carbons (Fsp3) is 0.417. The number of halogens is 1. The fourth-order valence-electron chi connectivity index (χ4n) is 1.81. The first-order chi connectivity index (χ1) is 7.61. The van der Waals surface area contributed by atoms with Gasteiger partial charge in [-0.3, -0.25) is 4.79 Å². The monoisotopic (exact) mass is 299 g/mol. The third kappa shape index (κ3) is 2.61. The summed E-state index contributed by atoms with van der Waals surface area (Å²) in [4.78, 5) is 12.8. The van der Waals surface area contributed by atoms with Gasteiger partial charge in [-0.25, -0.2) is 0 Å². The average Bonchev–Trinajstić information content (AvgIpc) is 3.00. The minimum atomic E-state index is -0.0104. The molecule has 2 nitrogen and oxygen atoms in total. The lowest BCUT2D eigenvalue weighted by Gasteiger charge is -2.06. The van der Waals surface area contributed by atoms with Gasteiger partial charge >= 0.3 is 0 Å². The Morgan fingerprint density at radius 3 is 3.00 bits per heavy atom. The molecule has 2 unspecified atom stereocenters. The smallest absolute Gasteiger partial charge is 0.252 e. The summed E-state index contributed by atoms with van der Waals surface area (Å²) in [6, 6.07) is 5.86. The quantitative estimate of drug-likeness (QED) is 0.824. The highest BCUT2D eigenvalue weighted by molar-refractivity contribution is 9.10. The Balaban J connectivity index is 2.06. The highest BCUT2D eigenvalue weighted by Gasteiger charge is 2.36. The minimum Gasteiger partial charge on any atom is -0.349 e. The second kappa shape index (κ2) is 4.80. The van der Waals surface area contributed by atoms with Gasteiger partial charge in [0, 0.05) is 15.4 Å². The van der Waals surface area contributed by atoms with Crippen molar-refractivity contribution in [2.45, 2.75) is 30.7 Å². The van der Waals surface area contributed by atoms with Crippen molar-refractivity contribution in [3.8, 4) is 0 Å². The van der Waals surface area contributed by atoms with Crippen LogP contribution in [0, 0.1) is 5.92 Å². The van der Waals surface area contributed by atoms with Crippen molar-refractivity contribution in [2.24, 2.45) is 5.92 Å². The van der Waals surface area contributed by atoms with E-state index in [1.165, 1.54) is 0 Å². The molecular formula is C12H14BrNOS. The Labute approximate surface area is 109 Å². The van der Waals surface area contributed by atoms with Crippen LogP contribution in [0.2, 0.25) is 0 Å². The average molecular weight is 300 g/mol. The summed E-state index contributed by atoms with van der Waals surface area (Å²) in [6.45, 7) is 2.15. The van der Waals surface area contributed by atoms with Crippen molar-refractivity contribution in [3.63, 3.8) is 0 Å². The number of benzene rings is 1. The lowest BCUT2D eigenvalue weighted by Crippen LogP contribution is -2.27. The maximum atomic E-state index is 12.0.